The van der Waals surface area contributed by atoms with Crippen LogP contribution in [-0.2, 0) is 11.3 Å². The van der Waals surface area contributed by atoms with Crippen LogP contribution in [0.5, 0.6) is 5.75 Å². The van der Waals surface area contributed by atoms with Crippen LogP contribution in [0.2, 0.25) is 0 Å². The lowest BCUT2D eigenvalue weighted by Crippen LogP contribution is -2.38. The Morgan fingerprint density at radius 1 is 1.02 bits per heavy atom. The van der Waals surface area contributed by atoms with Gasteiger partial charge in [0, 0.05) is 28.1 Å². The van der Waals surface area contributed by atoms with Crippen LogP contribution in [-0.4, -0.2) is 33.0 Å². The van der Waals surface area contributed by atoms with E-state index >= 15 is 0 Å². The number of ether oxygens (including phenoxy) is 1. The fraction of sp³-hybridized carbons (Fsp3) is 0.182. The van der Waals surface area contributed by atoms with Gasteiger partial charge in [-0.1, -0.05) is 92.3 Å². The number of carbonyl (C=O) groups excluding carboxylic acids is 1. The van der Waals surface area contributed by atoms with Crippen LogP contribution in [0.1, 0.15) is 42.9 Å². The molecule has 0 aliphatic carbocycles. The third-order valence-corrected chi connectivity index (χ3v) is 8.28. The summed E-state index contributed by atoms with van der Waals surface area (Å²) in [7, 11) is 0. The minimum Gasteiger partial charge on any atom is -0.491 e. The molecule has 0 saturated carbocycles. The SMILES string of the molecule is CC[C@@H](C)c1ccccc1OCCn1cc(/C=C2/C(=N)N3C(c4ccccc4)=CSC3=NC2=O)c2ccccc21. The molecule has 0 spiro atoms. The van der Waals surface area contributed by atoms with E-state index in [1.807, 2.05) is 72.3 Å². The largest absolute Gasteiger partial charge is 0.491 e. The number of benzene rings is 3. The molecule has 200 valence electrons. The molecular weight excluding hydrogens is 516 g/mol. The van der Waals surface area contributed by atoms with Gasteiger partial charge in [0.1, 0.15) is 18.2 Å². The number of hydrogen-bond donors (Lipinski definition) is 1. The van der Waals surface area contributed by atoms with Gasteiger partial charge in [0.05, 0.1) is 17.8 Å². The summed E-state index contributed by atoms with van der Waals surface area (Å²) in [5, 5.41) is 12.5. The van der Waals surface area contributed by atoms with Gasteiger partial charge in [-0.05, 0) is 41.7 Å². The molecule has 6 rings (SSSR count). The molecule has 0 bridgehead atoms. The van der Waals surface area contributed by atoms with E-state index in [1.54, 1.807) is 11.0 Å². The van der Waals surface area contributed by atoms with Crippen LogP contribution in [0.15, 0.2) is 101 Å². The minimum atomic E-state index is -0.395. The summed E-state index contributed by atoms with van der Waals surface area (Å²) in [6.45, 7) is 5.57. The second kappa shape index (κ2) is 11.0. The molecule has 1 atom stereocenters. The van der Waals surface area contributed by atoms with Gasteiger partial charge < -0.3 is 9.30 Å². The molecule has 7 heteroatoms. The summed E-state index contributed by atoms with van der Waals surface area (Å²) in [5.74, 6) is 1.10. The molecule has 3 aromatic carbocycles. The number of aliphatic imine (C=N–C) groups is 1. The van der Waals surface area contributed by atoms with E-state index in [1.165, 1.54) is 17.3 Å². The van der Waals surface area contributed by atoms with Gasteiger partial charge in [0.25, 0.3) is 5.91 Å². The smallest absolute Gasteiger partial charge is 0.283 e. The zero-order valence-corrected chi connectivity index (χ0v) is 23.3. The van der Waals surface area contributed by atoms with Crippen molar-refractivity contribution in [1.82, 2.24) is 9.47 Å². The molecule has 3 heterocycles. The number of amides is 1. The average molecular weight is 547 g/mol. The number of fused-ring (bicyclic) bond motifs is 2. The molecule has 6 nitrogen and oxygen atoms in total. The highest BCUT2D eigenvalue weighted by Crippen LogP contribution is 2.38. The number of hydrogen-bond acceptors (Lipinski definition) is 4. The lowest BCUT2D eigenvalue weighted by molar-refractivity contribution is -0.114. The van der Waals surface area contributed by atoms with Crippen LogP contribution < -0.4 is 4.74 Å². The number of nitrogens with one attached hydrogen (secondary N) is 1. The predicted octanol–water partition coefficient (Wildman–Crippen LogP) is 7.54. The van der Waals surface area contributed by atoms with Crippen molar-refractivity contribution >= 4 is 51.3 Å². The van der Waals surface area contributed by atoms with E-state index < -0.39 is 5.91 Å². The summed E-state index contributed by atoms with van der Waals surface area (Å²) in [6.07, 6.45) is 4.89. The van der Waals surface area contributed by atoms with Gasteiger partial charge in [-0.15, -0.1) is 0 Å². The van der Waals surface area contributed by atoms with E-state index in [9.17, 15) is 4.79 Å². The summed E-state index contributed by atoms with van der Waals surface area (Å²) in [5.41, 5.74) is 5.25. The van der Waals surface area contributed by atoms with Crippen molar-refractivity contribution in [2.75, 3.05) is 6.61 Å². The zero-order valence-electron chi connectivity index (χ0n) is 22.5. The van der Waals surface area contributed by atoms with Crippen molar-refractivity contribution < 1.29 is 9.53 Å². The number of para-hydroxylation sites is 2. The second-order valence-electron chi connectivity index (χ2n) is 9.92. The molecule has 1 aromatic heterocycles. The summed E-state index contributed by atoms with van der Waals surface area (Å²) < 4.78 is 8.40. The molecule has 4 aromatic rings. The first-order valence-corrected chi connectivity index (χ1v) is 14.4. The van der Waals surface area contributed by atoms with Crippen molar-refractivity contribution in [3.8, 4) is 5.75 Å². The molecule has 1 N–H and O–H groups in total. The van der Waals surface area contributed by atoms with E-state index in [4.69, 9.17) is 10.1 Å². The quantitative estimate of drug-likeness (QED) is 0.232. The molecule has 2 aliphatic heterocycles. The van der Waals surface area contributed by atoms with Crippen LogP contribution >= 0.6 is 11.8 Å². The van der Waals surface area contributed by atoms with Crippen LogP contribution in [0, 0.1) is 5.41 Å². The average Bonchev–Trinajstić information content (AvgIpc) is 3.57. The Morgan fingerprint density at radius 2 is 1.77 bits per heavy atom. The van der Waals surface area contributed by atoms with Gasteiger partial charge in [-0.2, -0.15) is 4.99 Å². The number of rotatable bonds is 8. The lowest BCUT2D eigenvalue weighted by Gasteiger charge is -2.26. The van der Waals surface area contributed by atoms with Crippen LogP contribution in [0.3, 0.4) is 0 Å². The normalized spacial score (nSPS) is 16.8. The van der Waals surface area contributed by atoms with Crippen molar-refractivity contribution in [1.29, 1.82) is 5.41 Å². The minimum absolute atomic E-state index is 0.136. The van der Waals surface area contributed by atoms with Crippen LogP contribution in [0.25, 0.3) is 22.7 Å². The van der Waals surface area contributed by atoms with Gasteiger partial charge in [0.2, 0.25) is 0 Å². The Hall–Kier alpha value is -4.36. The first-order valence-electron chi connectivity index (χ1n) is 13.5. The number of carbonyl (C=O) groups is 1. The first kappa shape index (κ1) is 25.9. The number of amidine groups is 2. The maximum Gasteiger partial charge on any atom is 0.283 e. The summed E-state index contributed by atoms with van der Waals surface area (Å²) in [4.78, 5) is 19.2. The maximum atomic E-state index is 13.1. The molecule has 2 aliphatic rings. The summed E-state index contributed by atoms with van der Waals surface area (Å²) >= 11 is 1.37. The van der Waals surface area contributed by atoms with Crippen molar-refractivity contribution in [3.05, 3.63) is 113 Å². The van der Waals surface area contributed by atoms with E-state index in [-0.39, 0.29) is 11.4 Å². The highest BCUT2D eigenvalue weighted by molar-refractivity contribution is 8.17. The Labute approximate surface area is 238 Å². The Bertz CT molecular complexity index is 1700. The van der Waals surface area contributed by atoms with Gasteiger partial charge in [-0.25, -0.2) is 0 Å². The fourth-order valence-electron chi connectivity index (χ4n) is 5.14. The Balaban J connectivity index is 1.28. The van der Waals surface area contributed by atoms with E-state index in [0.29, 0.717) is 24.2 Å². The first-order chi connectivity index (χ1) is 19.5. The third-order valence-electron chi connectivity index (χ3n) is 7.46. The highest BCUT2D eigenvalue weighted by Gasteiger charge is 2.36. The Kier molecular flexibility index (Phi) is 7.13. The van der Waals surface area contributed by atoms with Crippen molar-refractivity contribution in [3.63, 3.8) is 0 Å². The Morgan fingerprint density at radius 3 is 2.60 bits per heavy atom. The molecule has 0 radical (unpaired) electrons. The molecular formula is C33H30N4O2S. The topological polar surface area (TPSA) is 70.7 Å². The molecule has 0 fully saturated rings. The van der Waals surface area contributed by atoms with Crippen LogP contribution in [0.4, 0.5) is 0 Å². The predicted molar refractivity (Wildman–Crippen MR) is 165 cm³/mol. The fourth-order valence-corrected chi connectivity index (χ4v) is 6.03. The highest BCUT2D eigenvalue weighted by atomic mass is 32.2. The lowest BCUT2D eigenvalue weighted by atomic mass is 9.98. The van der Waals surface area contributed by atoms with Crippen molar-refractivity contribution in [2.24, 2.45) is 4.99 Å². The molecule has 0 saturated heterocycles. The van der Waals surface area contributed by atoms with Gasteiger partial charge in [0.15, 0.2) is 5.17 Å². The zero-order chi connectivity index (χ0) is 27.6. The molecule has 40 heavy (non-hydrogen) atoms. The van der Waals surface area contributed by atoms with E-state index in [0.717, 1.165) is 39.9 Å². The van der Waals surface area contributed by atoms with Gasteiger partial charge in [-0.3, -0.25) is 15.1 Å². The van der Waals surface area contributed by atoms with Crippen molar-refractivity contribution in [2.45, 2.75) is 32.7 Å². The standard InChI is InChI=1S/C33H30N4O2S/c1-3-22(2)25-13-8-10-16-30(25)39-18-17-36-20-24(26-14-7-9-15-28(26)36)19-27-31(34)37-29(23-11-5-4-6-12-23)21-40-33(37)35-32(27)38/h4-16,19-22,34H,3,17-18H2,1-2H3/b27-19-,34-31?/t22-/m1/s1. The monoisotopic (exact) mass is 546 g/mol. The molecule has 0 unspecified atom stereocenters. The second-order valence-corrected chi connectivity index (χ2v) is 10.8. The third kappa shape index (κ3) is 4.77. The maximum absolute atomic E-state index is 13.1. The number of thioether (sulfide) groups is 1. The molecule has 1 amide bonds. The number of nitrogens with zero attached hydrogens (tertiary/aromatic N) is 3. The van der Waals surface area contributed by atoms with E-state index in [2.05, 4.69) is 41.6 Å². The summed E-state index contributed by atoms with van der Waals surface area (Å²) in [6, 6.07) is 26.3. The van der Waals surface area contributed by atoms with Gasteiger partial charge >= 0.3 is 0 Å². The number of aromatic nitrogens is 1.